The normalized spacial score (nSPS) is 40.0. The molecular formula is C21H39BO3. The van der Waals surface area contributed by atoms with E-state index in [-0.39, 0.29) is 0 Å². The lowest BCUT2D eigenvalue weighted by molar-refractivity contribution is -0.0472. The Morgan fingerprint density at radius 3 is 1.04 bits per heavy atom. The molecule has 0 aromatic rings. The van der Waals surface area contributed by atoms with Gasteiger partial charge in [0.05, 0.1) is 0 Å². The maximum atomic E-state index is 6.46. The molecule has 0 N–H and O–H groups in total. The first-order valence-electron chi connectivity index (χ1n) is 11.1. The van der Waals surface area contributed by atoms with Gasteiger partial charge in [-0.05, 0) is 56.3 Å². The minimum absolute atomic E-state index is 0.302. The van der Waals surface area contributed by atoms with E-state index < -0.39 is 7.32 Å². The van der Waals surface area contributed by atoms with E-state index in [0.29, 0.717) is 36.1 Å². The predicted octanol–water partition coefficient (Wildman–Crippen LogP) is 5.76. The molecule has 0 aromatic carbocycles. The summed E-state index contributed by atoms with van der Waals surface area (Å²) in [6.07, 6.45) is 16.1. The first kappa shape index (κ1) is 19.7. The Morgan fingerprint density at radius 1 is 0.480 bits per heavy atom. The second kappa shape index (κ2) is 9.76. The van der Waals surface area contributed by atoms with Gasteiger partial charge in [-0.3, -0.25) is 0 Å². The molecule has 0 saturated heterocycles. The summed E-state index contributed by atoms with van der Waals surface area (Å²) in [4.78, 5) is 0. The molecule has 144 valence electrons. The summed E-state index contributed by atoms with van der Waals surface area (Å²) in [5.74, 6) is 1.86. The van der Waals surface area contributed by atoms with Crippen molar-refractivity contribution in [3.8, 4) is 0 Å². The fourth-order valence-corrected chi connectivity index (χ4v) is 4.98. The third kappa shape index (κ3) is 5.71. The second-order valence-corrected chi connectivity index (χ2v) is 9.10. The van der Waals surface area contributed by atoms with Gasteiger partial charge in [-0.2, -0.15) is 0 Å². The molecule has 0 unspecified atom stereocenters. The van der Waals surface area contributed by atoms with Crippen LogP contribution in [0.4, 0.5) is 0 Å². The molecule has 3 nitrogen and oxygen atoms in total. The van der Waals surface area contributed by atoms with Crippen molar-refractivity contribution in [3.63, 3.8) is 0 Å². The van der Waals surface area contributed by atoms with Crippen LogP contribution in [0.15, 0.2) is 0 Å². The van der Waals surface area contributed by atoms with E-state index in [2.05, 4.69) is 20.8 Å². The highest BCUT2D eigenvalue weighted by molar-refractivity contribution is 6.36. The lowest BCUT2D eigenvalue weighted by atomic mass is 9.85. The molecule has 0 amide bonds. The monoisotopic (exact) mass is 350 g/mol. The molecular weight excluding hydrogens is 311 g/mol. The van der Waals surface area contributed by atoms with Gasteiger partial charge < -0.3 is 14.0 Å². The fourth-order valence-electron chi connectivity index (χ4n) is 4.98. The van der Waals surface area contributed by atoms with Gasteiger partial charge in [-0.25, -0.2) is 0 Å². The fraction of sp³-hybridized carbons (Fsp3) is 1.00. The Hall–Kier alpha value is -0.0551. The van der Waals surface area contributed by atoms with Crippen molar-refractivity contribution in [1.29, 1.82) is 0 Å². The van der Waals surface area contributed by atoms with Crippen LogP contribution in [0, 0.1) is 17.8 Å². The van der Waals surface area contributed by atoms with Gasteiger partial charge in [0.15, 0.2) is 0 Å². The van der Waals surface area contributed by atoms with Crippen molar-refractivity contribution in [1.82, 2.24) is 0 Å². The van der Waals surface area contributed by atoms with Gasteiger partial charge in [0.1, 0.15) is 0 Å². The van der Waals surface area contributed by atoms with E-state index in [0.717, 1.165) is 19.3 Å². The smallest absolute Gasteiger partial charge is 0.383 e. The number of hydrogen-bond donors (Lipinski definition) is 0. The topological polar surface area (TPSA) is 27.7 Å². The van der Waals surface area contributed by atoms with Crippen LogP contribution in [0.2, 0.25) is 0 Å². The van der Waals surface area contributed by atoms with Crippen molar-refractivity contribution >= 4 is 7.32 Å². The van der Waals surface area contributed by atoms with Crippen LogP contribution in [0.3, 0.4) is 0 Å². The minimum atomic E-state index is -0.457. The van der Waals surface area contributed by atoms with Crippen LogP contribution in [-0.2, 0) is 14.0 Å². The van der Waals surface area contributed by atoms with E-state index in [1.165, 1.54) is 57.8 Å². The lowest BCUT2D eigenvalue weighted by Crippen LogP contribution is -2.44. The third-order valence-electron chi connectivity index (χ3n) is 6.96. The zero-order valence-electron chi connectivity index (χ0n) is 16.8. The summed E-state index contributed by atoms with van der Waals surface area (Å²) in [6.45, 7) is 6.98. The Balaban J connectivity index is 1.61. The van der Waals surface area contributed by atoms with Gasteiger partial charge >= 0.3 is 7.32 Å². The maximum Gasteiger partial charge on any atom is 0.640 e. The van der Waals surface area contributed by atoms with Crippen molar-refractivity contribution in [3.05, 3.63) is 0 Å². The van der Waals surface area contributed by atoms with E-state index in [4.69, 9.17) is 14.0 Å². The van der Waals surface area contributed by atoms with Gasteiger partial charge in [-0.1, -0.05) is 59.3 Å². The lowest BCUT2D eigenvalue weighted by Gasteiger charge is -2.37. The Morgan fingerprint density at radius 2 is 0.760 bits per heavy atom. The molecule has 0 aromatic heterocycles. The average molecular weight is 350 g/mol. The van der Waals surface area contributed by atoms with Gasteiger partial charge in [0.2, 0.25) is 0 Å². The first-order valence-corrected chi connectivity index (χ1v) is 11.1. The van der Waals surface area contributed by atoms with Crippen LogP contribution >= 0.6 is 0 Å². The van der Waals surface area contributed by atoms with Crippen molar-refractivity contribution < 1.29 is 14.0 Å². The summed E-state index contributed by atoms with van der Waals surface area (Å²) in [7, 11) is -0.457. The first-order chi connectivity index (χ1) is 12.1. The van der Waals surface area contributed by atoms with Crippen molar-refractivity contribution in [2.24, 2.45) is 17.8 Å². The number of rotatable bonds is 6. The number of hydrogen-bond acceptors (Lipinski definition) is 3. The van der Waals surface area contributed by atoms with Gasteiger partial charge in [-0.15, -0.1) is 0 Å². The quantitative estimate of drug-likeness (QED) is 0.570. The van der Waals surface area contributed by atoms with E-state index in [1.54, 1.807) is 0 Å². The molecule has 3 saturated carbocycles. The van der Waals surface area contributed by atoms with Crippen LogP contribution in [-0.4, -0.2) is 25.6 Å². The average Bonchev–Trinajstić information content (AvgIpc) is 2.61. The summed E-state index contributed by atoms with van der Waals surface area (Å²) in [6, 6.07) is 0. The van der Waals surface area contributed by atoms with E-state index in [1.807, 2.05) is 0 Å². The van der Waals surface area contributed by atoms with Crippen LogP contribution in [0.25, 0.3) is 0 Å². The molecule has 0 heterocycles. The van der Waals surface area contributed by atoms with Crippen molar-refractivity contribution in [2.75, 3.05) is 0 Å². The van der Waals surface area contributed by atoms with Gasteiger partial charge in [0, 0.05) is 18.3 Å². The zero-order chi connectivity index (χ0) is 17.6. The maximum absolute atomic E-state index is 6.46. The summed E-state index contributed by atoms with van der Waals surface area (Å²) in [5.41, 5.74) is 0. The van der Waals surface area contributed by atoms with Crippen LogP contribution in [0.1, 0.15) is 97.8 Å². The molecule has 3 aliphatic rings. The third-order valence-corrected chi connectivity index (χ3v) is 6.96. The molecule has 3 rings (SSSR count). The molecule has 0 bridgehead atoms. The predicted molar refractivity (Wildman–Crippen MR) is 103 cm³/mol. The molecule has 6 atom stereocenters. The highest BCUT2D eigenvalue weighted by Crippen LogP contribution is 2.32. The standard InChI is InChI=1S/C21H39BO3/c1-16-10-4-7-13-19(16)23-22(24-20-14-8-5-11-17(20)2)25-21-15-9-6-12-18(21)3/h16-21H,4-15H2,1-3H3/t16-,17-,18-,19+,20+,21+/m0/s1. The molecule has 3 fully saturated rings. The molecule has 0 aliphatic heterocycles. The molecule has 0 spiro atoms. The Bertz CT molecular complexity index is 334. The SMILES string of the molecule is C[C@H]1CCCC[C@H]1OB(O[C@@H]1CCCC[C@@H]1C)O[C@@H]1CCCC[C@@H]1C. The second-order valence-electron chi connectivity index (χ2n) is 9.10. The Labute approximate surface area is 155 Å². The summed E-state index contributed by atoms with van der Waals surface area (Å²) >= 11 is 0. The zero-order valence-corrected chi connectivity index (χ0v) is 16.8. The molecule has 3 aliphatic carbocycles. The van der Waals surface area contributed by atoms with Gasteiger partial charge in [0.25, 0.3) is 0 Å². The molecule has 25 heavy (non-hydrogen) atoms. The van der Waals surface area contributed by atoms with Crippen molar-refractivity contribution in [2.45, 2.75) is 116 Å². The van der Waals surface area contributed by atoms with E-state index in [9.17, 15) is 0 Å². The Kier molecular flexibility index (Phi) is 7.69. The minimum Gasteiger partial charge on any atom is -0.383 e. The van der Waals surface area contributed by atoms with Crippen LogP contribution < -0.4 is 0 Å². The van der Waals surface area contributed by atoms with E-state index >= 15 is 0 Å². The summed E-state index contributed by atoms with van der Waals surface area (Å²) in [5, 5.41) is 0. The molecule has 0 radical (unpaired) electrons. The van der Waals surface area contributed by atoms with Crippen LogP contribution in [0.5, 0.6) is 0 Å². The molecule has 4 heteroatoms. The largest absolute Gasteiger partial charge is 0.640 e. The summed E-state index contributed by atoms with van der Waals surface area (Å²) < 4.78 is 19.4. The highest BCUT2D eigenvalue weighted by atomic mass is 16.7. The highest BCUT2D eigenvalue weighted by Gasteiger charge is 2.38.